The molecular weight excluding hydrogens is 152 g/mol. The van der Waals surface area contributed by atoms with Crippen LogP contribution in [0.2, 0.25) is 0 Å². The maximum atomic E-state index is 5.63. The Morgan fingerprint density at radius 2 is 2.25 bits per heavy atom. The number of aryl methyl sites for hydroxylation is 2. The van der Waals surface area contributed by atoms with E-state index in [0.717, 1.165) is 16.7 Å². The lowest BCUT2D eigenvalue weighted by Crippen LogP contribution is -1.96. The summed E-state index contributed by atoms with van der Waals surface area (Å²) in [5.41, 5.74) is 8.51. The van der Waals surface area contributed by atoms with Crippen molar-refractivity contribution in [1.82, 2.24) is 14.5 Å². The van der Waals surface area contributed by atoms with Gasteiger partial charge in [-0.3, -0.25) is 0 Å². The Morgan fingerprint density at radius 3 is 2.92 bits per heavy atom. The first-order valence-electron chi connectivity index (χ1n) is 3.73. The first-order valence-corrected chi connectivity index (χ1v) is 3.73. The molecule has 4 nitrogen and oxygen atoms in total. The van der Waals surface area contributed by atoms with Crippen LogP contribution in [-0.2, 0) is 7.05 Å². The fourth-order valence-electron chi connectivity index (χ4n) is 1.33. The molecule has 0 aliphatic carbocycles. The van der Waals surface area contributed by atoms with Crippen LogP contribution in [0.5, 0.6) is 0 Å². The Morgan fingerprint density at radius 1 is 1.50 bits per heavy atom. The van der Waals surface area contributed by atoms with E-state index in [2.05, 4.69) is 9.97 Å². The molecule has 2 aromatic heterocycles. The van der Waals surface area contributed by atoms with E-state index in [0.29, 0.717) is 5.95 Å². The number of aromatic nitrogens is 3. The molecule has 4 heteroatoms. The molecule has 2 N–H and O–H groups in total. The molecule has 2 aromatic rings. The Hall–Kier alpha value is -1.58. The van der Waals surface area contributed by atoms with E-state index in [1.54, 1.807) is 6.20 Å². The number of imidazole rings is 1. The van der Waals surface area contributed by atoms with Crippen molar-refractivity contribution in [2.45, 2.75) is 6.92 Å². The van der Waals surface area contributed by atoms with Crippen molar-refractivity contribution in [2.24, 2.45) is 7.05 Å². The molecule has 0 saturated carbocycles. The Labute approximate surface area is 70.0 Å². The van der Waals surface area contributed by atoms with Crippen molar-refractivity contribution < 1.29 is 0 Å². The average molecular weight is 162 g/mol. The predicted octanol–water partition coefficient (Wildman–Crippen LogP) is 0.859. The number of rotatable bonds is 0. The summed E-state index contributed by atoms with van der Waals surface area (Å²) in [6, 6.07) is 1.95. The number of anilines is 1. The van der Waals surface area contributed by atoms with Crippen LogP contribution in [0.4, 0.5) is 5.95 Å². The lowest BCUT2D eigenvalue weighted by molar-refractivity contribution is 0.961. The van der Waals surface area contributed by atoms with Crippen LogP contribution in [0, 0.1) is 6.92 Å². The first kappa shape index (κ1) is 7.09. The highest BCUT2D eigenvalue weighted by molar-refractivity contribution is 5.77. The fraction of sp³-hybridized carbons (Fsp3) is 0.250. The molecule has 0 atom stereocenters. The average Bonchev–Trinajstić information content (AvgIpc) is 2.29. The molecule has 0 aliphatic rings. The van der Waals surface area contributed by atoms with Crippen LogP contribution >= 0.6 is 0 Å². The molecule has 0 unspecified atom stereocenters. The van der Waals surface area contributed by atoms with E-state index in [-0.39, 0.29) is 0 Å². The van der Waals surface area contributed by atoms with Crippen molar-refractivity contribution in [3.05, 3.63) is 17.8 Å². The van der Waals surface area contributed by atoms with Gasteiger partial charge in [0.05, 0.1) is 5.52 Å². The molecule has 2 heterocycles. The van der Waals surface area contributed by atoms with Gasteiger partial charge in [0.25, 0.3) is 0 Å². The monoisotopic (exact) mass is 162 g/mol. The summed E-state index contributed by atoms with van der Waals surface area (Å²) in [4.78, 5) is 8.21. The summed E-state index contributed by atoms with van der Waals surface area (Å²) in [6.45, 7) is 2.02. The third-order valence-electron chi connectivity index (χ3n) is 2.01. The van der Waals surface area contributed by atoms with Crippen molar-refractivity contribution in [1.29, 1.82) is 0 Å². The first-order chi connectivity index (χ1) is 5.70. The number of nitrogen functional groups attached to an aromatic ring is 1. The number of hydrogen-bond donors (Lipinski definition) is 1. The molecule has 0 bridgehead atoms. The van der Waals surface area contributed by atoms with Gasteiger partial charge in [-0.25, -0.2) is 4.98 Å². The lowest BCUT2D eigenvalue weighted by Gasteiger charge is -1.97. The van der Waals surface area contributed by atoms with Crippen LogP contribution in [0.25, 0.3) is 11.2 Å². The van der Waals surface area contributed by atoms with Crippen molar-refractivity contribution >= 4 is 17.1 Å². The molecule has 0 aliphatic heterocycles. The molecule has 12 heavy (non-hydrogen) atoms. The van der Waals surface area contributed by atoms with Gasteiger partial charge in [-0.2, -0.15) is 4.98 Å². The van der Waals surface area contributed by atoms with Gasteiger partial charge in [-0.1, -0.05) is 0 Å². The second kappa shape index (κ2) is 2.20. The van der Waals surface area contributed by atoms with Gasteiger partial charge in [0, 0.05) is 13.2 Å². The van der Waals surface area contributed by atoms with E-state index in [9.17, 15) is 0 Å². The third kappa shape index (κ3) is 0.777. The molecule has 0 spiro atoms. The van der Waals surface area contributed by atoms with E-state index in [4.69, 9.17) is 5.73 Å². The standard InChI is InChI=1S/C8H10N4/c1-5-3-4-10-7-6(5)12(2)8(9)11-7/h3-4H,1-2H3,(H2,9,10,11). The lowest BCUT2D eigenvalue weighted by atomic mass is 10.3. The van der Waals surface area contributed by atoms with Gasteiger partial charge in [0.1, 0.15) is 0 Å². The second-order valence-electron chi connectivity index (χ2n) is 2.83. The molecular formula is C8H10N4. The maximum Gasteiger partial charge on any atom is 0.202 e. The summed E-state index contributed by atoms with van der Waals surface area (Å²) in [5, 5.41) is 0. The number of fused-ring (bicyclic) bond motifs is 1. The summed E-state index contributed by atoms with van der Waals surface area (Å²) < 4.78 is 1.84. The van der Waals surface area contributed by atoms with Crippen LogP contribution in [-0.4, -0.2) is 14.5 Å². The molecule has 0 radical (unpaired) electrons. The summed E-state index contributed by atoms with van der Waals surface area (Å²) in [5.74, 6) is 0.506. The Balaban J connectivity index is 2.97. The van der Waals surface area contributed by atoms with Gasteiger partial charge in [0.15, 0.2) is 5.65 Å². The van der Waals surface area contributed by atoms with E-state index in [1.807, 2.05) is 24.6 Å². The number of pyridine rings is 1. The number of nitrogens with zero attached hydrogens (tertiary/aromatic N) is 3. The van der Waals surface area contributed by atoms with Gasteiger partial charge in [-0.05, 0) is 18.6 Å². The fourth-order valence-corrected chi connectivity index (χ4v) is 1.33. The minimum Gasteiger partial charge on any atom is -0.369 e. The zero-order chi connectivity index (χ0) is 8.72. The number of hydrogen-bond acceptors (Lipinski definition) is 3. The summed E-state index contributed by atoms with van der Waals surface area (Å²) in [6.07, 6.45) is 1.74. The highest BCUT2D eigenvalue weighted by Crippen LogP contribution is 2.16. The largest absolute Gasteiger partial charge is 0.369 e. The zero-order valence-corrected chi connectivity index (χ0v) is 7.07. The van der Waals surface area contributed by atoms with Crippen LogP contribution < -0.4 is 5.73 Å². The molecule has 2 rings (SSSR count). The molecule has 0 aromatic carbocycles. The highest BCUT2D eigenvalue weighted by atomic mass is 15.2. The topological polar surface area (TPSA) is 56.7 Å². The van der Waals surface area contributed by atoms with Crippen molar-refractivity contribution in [3.63, 3.8) is 0 Å². The third-order valence-corrected chi connectivity index (χ3v) is 2.01. The predicted molar refractivity (Wildman–Crippen MR) is 47.7 cm³/mol. The smallest absolute Gasteiger partial charge is 0.202 e. The van der Waals surface area contributed by atoms with Gasteiger partial charge < -0.3 is 10.3 Å². The quantitative estimate of drug-likeness (QED) is 0.625. The maximum absolute atomic E-state index is 5.63. The van der Waals surface area contributed by atoms with Gasteiger partial charge in [-0.15, -0.1) is 0 Å². The Bertz CT molecular complexity index is 430. The van der Waals surface area contributed by atoms with Crippen LogP contribution in [0.15, 0.2) is 12.3 Å². The second-order valence-corrected chi connectivity index (χ2v) is 2.83. The summed E-state index contributed by atoms with van der Waals surface area (Å²) in [7, 11) is 1.89. The highest BCUT2D eigenvalue weighted by Gasteiger charge is 2.06. The van der Waals surface area contributed by atoms with E-state index in [1.165, 1.54) is 0 Å². The summed E-state index contributed by atoms with van der Waals surface area (Å²) >= 11 is 0. The van der Waals surface area contributed by atoms with Crippen LogP contribution in [0.1, 0.15) is 5.56 Å². The Kier molecular flexibility index (Phi) is 1.30. The zero-order valence-electron chi connectivity index (χ0n) is 7.07. The van der Waals surface area contributed by atoms with Crippen molar-refractivity contribution in [2.75, 3.05) is 5.73 Å². The minimum absolute atomic E-state index is 0.506. The van der Waals surface area contributed by atoms with Crippen LogP contribution in [0.3, 0.4) is 0 Å². The van der Waals surface area contributed by atoms with Gasteiger partial charge >= 0.3 is 0 Å². The SMILES string of the molecule is Cc1ccnc2nc(N)n(C)c12. The van der Waals surface area contributed by atoms with E-state index >= 15 is 0 Å². The molecule has 0 fully saturated rings. The van der Waals surface area contributed by atoms with Crippen molar-refractivity contribution in [3.8, 4) is 0 Å². The number of nitrogens with two attached hydrogens (primary N) is 1. The normalized spacial score (nSPS) is 10.8. The molecule has 62 valence electrons. The molecule has 0 amide bonds. The van der Waals surface area contributed by atoms with Gasteiger partial charge in [0.2, 0.25) is 5.95 Å². The molecule has 0 saturated heterocycles. The minimum atomic E-state index is 0.506. The van der Waals surface area contributed by atoms with E-state index < -0.39 is 0 Å².